The maximum Gasteiger partial charge on any atom is 0.315 e. The van der Waals surface area contributed by atoms with Crippen LogP contribution in [-0.2, 0) is 33.4 Å². The van der Waals surface area contributed by atoms with Crippen LogP contribution in [0.15, 0.2) is 0 Å². The van der Waals surface area contributed by atoms with E-state index in [0.717, 1.165) is 38.5 Å². The van der Waals surface area contributed by atoms with E-state index in [4.69, 9.17) is 19.3 Å². The summed E-state index contributed by atoms with van der Waals surface area (Å²) in [5, 5.41) is 8.70. The van der Waals surface area contributed by atoms with Gasteiger partial charge in [-0.2, -0.15) is 0 Å². The van der Waals surface area contributed by atoms with Gasteiger partial charge in [0, 0.05) is 19.3 Å². The number of carbonyl (C=O) groups excluding carboxylic acids is 3. The zero-order valence-corrected chi connectivity index (χ0v) is 17.8. The van der Waals surface area contributed by atoms with E-state index >= 15 is 0 Å². The molecular formula is C21H36O8. The van der Waals surface area contributed by atoms with Gasteiger partial charge in [-0.15, -0.1) is 0 Å². The monoisotopic (exact) mass is 416 g/mol. The lowest BCUT2D eigenvalue weighted by atomic mass is 10.0. The molecule has 0 bridgehead atoms. The van der Waals surface area contributed by atoms with Crippen LogP contribution in [0, 0.1) is 5.92 Å². The molecule has 0 saturated carbocycles. The second-order valence-electron chi connectivity index (χ2n) is 7.03. The van der Waals surface area contributed by atoms with Gasteiger partial charge in [0.1, 0.15) is 6.61 Å². The molecule has 1 unspecified atom stereocenters. The van der Waals surface area contributed by atoms with Gasteiger partial charge in [0.2, 0.25) is 6.79 Å². The summed E-state index contributed by atoms with van der Waals surface area (Å²) in [6.45, 7) is 3.46. The lowest BCUT2D eigenvalue weighted by Crippen LogP contribution is -2.26. The lowest BCUT2D eigenvalue weighted by Gasteiger charge is -2.16. The van der Waals surface area contributed by atoms with Crippen LogP contribution in [0.2, 0.25) is 0 Å². The predicted octanol–water partition coefficient (Wildman–Crippen LogP) is 4.00. The van der Waals surface area contributed by atoms with Crippen LogP contribution in [0.4, 0.5) is 0 Å². The second kappa shape index (κ2) is 17.9. The summed E-state index contributed by atoms with van der Waals surface area (Å²) in [6, 6.07) is 0. The molecule has 0 aliphatic heterocycles. The highest BCUT2D eigenvalue weighted by Gasteiger charge is 2.22. The topological polar surface area (TPSA) is 116 Å². The normalized spacial score (nSPS) is 11.5. The molecule has 0 aromatic carbocycles. The zero-order chi connectivity index (χ0) is 21.9. The number of hydrogen-bond acceptors (Lipinski definition) is 7. The average molecular weight is 417 g/mol. The standard InChI is InChI=1S/C21H36O8/c1-3-5-7-13-19(24)27-15-17(11-9-10-12-18(22)23)21(26)29-16-28-20(25)14-8-6-4-2/h17H,3-16H2,1-2H3,(H,22,23). The van der Waals surface area contributed by atoms with E-state index in [9.17, 15) is 19.2 Å². The van der Waals surface area contributed by atoms with Crippen LogP contribution in [0.5, 0.6) is 0 Å². The fourth-order valence-corrected chi connectivity index (χ4v) is 2.58. The van der Waals surface area contributed by atoms with E-state index in [1.807, 2.05) is 13.8 Å². The third-order valence-electron chi connectivity index (χ3n) is 4.36. The number of esters is 3. The Kier molecular flexibility index (Phi) is 16.6. The van der Waals surface area contributed by atoms with Crippen molar-refractivity contribution >= 4 is 23.9 Å². The fourth-order valence-electron chi connectivity index (χ4n) is 2.58. The molecule has 168 valence electrons. The van der Waals surface area contributed by atoms with Crippen molar-refractivity contribution in [3.63, 3.8) is 0 Å². The number of aliphatic carboxylic acids is 1. The molecule has 8 heteroatoms. The summed E-state index contributed by atoms with van der Waals surface area (Å²) in [7, 11) is 0. The van der Waals surface area contributed by atoms with E-state index < -0.39 is 30.6 Å². The number of unbranched alkanes of at least 4 members (excludes halogenated alkanes) is 5. The number of hydrogen-bond donors (Lipinski definition) is 1. The van der Waals surface area contributed by atoms with Crippen LogP contribution in [0.1, 0.15) is 90.9 Å². The molecule has 0 saturated heterocycles. The van der Waals surface area contributed by atoms with Gasteiger partial charge in [0.25, 0.3) is 0 Å². The first kappa shape index (κ1) is 26.9. The van der Waals surface area contributed by atoms with E-state index in [1.165, 1.54) is 0 Å². The third kappa shape index (κ3) is 16.5. The number of carboxylic acids is 1. The van der Waals surface area contributed by atoms with Crippen molar-refractivity contribution in [3.05, 3.63) is 0 Å². The third-order valence-corrected chi connectivity index (χ3v) is 4.36. The highest BCUT2D eigenvalue weighted by Crippen LogP contribution is 2.14. The van der Waals surface area contributed by atoms with Crippen molar-refractivity contribution in [2.24, 2.45) is 5.92 Å². The Balaban J connectivity index is 4.37. The summed E-state index contributed by atoms with van der Waals surface area (Å²) in [5.74, 6) is -3.03. The minimum absolute atomic E-state index is 0.00788. The molecule has 0 spiro atoms. The number of carbonyl (C=O) groups is 4. The van der Waals surface area contributed by atoms with Gasteiger partial charge in [0.15, 0.2) is 0 Å². The first-order valence-electron chi connectivity index (χ1n) is 10.6. The molecule has 0 fully saturated rings. The van der Waals surface area contributed by atoms with Gasteiger partial charge in [-0.1, -0.05) is 46.0 Å². The van der Waals surface area contributed by atoms with Crippen LogP contribution >= 0.6 is 0 Å². The Morgan fingerprint density at radius 1 is 0.724 bits per heavy atom. The van der Waals surface area contributed by atoms with Crippen molar-refractivity contribution in [2.45, 2.75) is 90.9 Å². The van der Waals surface area contributed by atoms with Gasteiger partial charge in [0.05, 0.1) is 5.92 Å². The van der Waals surface area contributed by atoms with Gasteiger partial charge in [-0.05, 0) is 25.7 Å². The maximum atomic E-state index is 12.3. The Bertz CT molecular complexity index is 489. The molecule has 8 nitrogen and oxygen atoms in total. The molecule has 1 atom stereocenters. The molecule has 0 radical (unpaired) electrons. The van der Waals surface area contributed by atoms with Gasteiger partial charge in [-0.25, -0.2) is 0 Å². The minimum atomic E-state index is -0.901. The van der Waals surface area contributed by atoms with Crippen LogP contribution in [0.25, 0.3) is 0 Å². The SMILES string of the molecule is CCCCCC(=O)OCOC(=O)C(CCCCC(=O)O)COC(=O)CCCCC. The van der Waals surface area contributed by atoms with E-state index in [2.05, 4.69) is 0 Å². The van der Waals surface area contributed by atoms with Crippen LogP contribution in [-0.4, -0.2) is 42.4 Å². The first-order chi connectivity index (χ1) is 13.9. The number of rotatable bonds is 18. The zero-order valence-electron chi connectivity index (χ0n) is 17.8. The summed E-state index contributed by atoms with van der Waals surface area (Å²) in [5.41, 5.74) is 0. The summed E-state index contributed by atoms with van der Waals surface area (Å²) in [4.78, 5) is 46.2. The number of carboxylic acid groups (broad SMARTS) is 1. The second-order valence-corrected chi connectivity index (χ2v) is 7.03. The highest BCUT2D eigenvalue weighted by molar-refractivity contribution is 5.74. The van der Waals surface area contributed by atoms with Gasteiger partial charge < -0.3 is 19.3 Å². The van der Waals surface area contributed by atoms with Crippen molar-refractivity contribution < 1.29 is 38.5 Å². The average Bonchev–Trinajstić information content (AvgIpc) is 2.67. The lowest BCUT2D eigenvalue weighted by molar-refractivity contribution is -0.172. The Labute approximate surface area is 173 Å². The Morgan fingerprint density at radius 2 is 1.28 bits per heavy atom. The fraction of sp³-hybridized carbons (Fsp3) is 0.810. The minimum Gasteiger partial charge on any atom is -0.481 e. The smallest absolute Gasteiger partial charge is 0.315 e. The predicted molar refractivity (Wildman–Crippen MR) is 106 cm³/mol. The molecular weight excluding hydrogens is 380 g/mol. The van der Waals surface area contributed by atoms with Crippen molar-refractivity contribution in [2.75, 3.05) is 13.4 Å². The van der Waals surface area contributed by atoms with Crippen LogP contribution < -0.4 is 0 Å². The summed E-state index contributed by atoms with van der Waals surface area (Å²) >= 11 is 0. The molecule has 0 amide bonds. The van der Waals surface area contributed by atoms with Gasteiger partial charge in [-0.3, -0.25) is 19.2 Å². The van der Waals surface area contributed by atoms with E-state index in [-0.39, 0.29) is 25.4 Å². The first-order valence-corrected chi connectivity index (χ1v) is 10.6. The Hall–Kier alpha value is -2.12. The van der Waals surface area contributed by atoms with Crippen LogP contribution in [0.3, 0.4) is 0 Å². The largest absolute Gasteiger partial charge is 0.481 e. The maximum absolute atomic E-state index is 12.3. The molecule has 0 rings (SSSR count). The van der Waals surface area contributed by atoms with Crippen molar-refractivity contribution in [1.29, 1.82) is 0 Å². The van der Waals surface area contributed by atoms with Crippen molar-refractivity contribution in [3.8, 4) is 0 Å². The number of ether oxygens (including phenoxy) is 3. The Morgan fingerprint density at radius 3 is 1.83 bits per heavy atom. The highest BCUT2D eigenvalue weighted by atomic mass is 16.7. The molecule has 0 heterocycles. The van der Waals surface area contributed by atoms with E-state index in [1.54, 1.807) is 0 Å². The quantitative estimate of drug-likeness (QED) is 0.202. The van der Waals surface area contributed by atoms with E-state index in [0.29, 0.717) is 25.7 Å². The molecule has 0 aliphatic carbocycles. The van der Waals surface area contributed by atoms with Gasteiger partial charge >= 0.3 is 23.9 Å². The molecule has 1 N–H and O–H groups in total. The van der Waals surface area contributed by atoms with Crippen molar-refractivity contribution in [1.82, 2.24) is 0 Å². The molecule has 0 aromatic rings. The summed E-state index contributed by atoms with van der Waals surface area (Å²) < 4.78 is 15.1. The molecule has 29 heavy (non-hydrogen) atoms. The molecule has 0 aromatic heterocycles. The molecule has 0 aliphatic rings. The summed E-state index contributed by atoms with van der Waals surface area (Å²) in [6.07, 6.45) is 7.10.